The van der Waals surface area contributed by atoms with E-state index in [0.717, 1.165) is 5.56 Å². The predicted octanol–water partition coefficient (Wildman–Crippen LogP) is 3.24. The standard InChI is InChI=1S/C22H20N4O4/c1-14-6-5-7-16(12-14)24-20(27)18-8-3-4-9-19(18)25-21(28)22(29)26-23-13-17-11-10-15(2)30-17/h3-13H,1-2H3,(H,24,27)(H,25,28)(H,26,29)/b23-13-. The van der Waals surface area contributed by atoms with Gasteiger partial charge in [0.1, 0.15) is 11.5 Å². The molecule has 0 saturated heterocycles. The van der Waals surface area contributed by atoms with Crippen molar-refractivity contribution >= 4 is 35.3 Å². The van der Waals surface area contributed by atoms with Crippen LogP contribution in [-0.2, 0) is 9.59 Å². The molecular weight excluding hydrogens is 384 g/mol. The fourth-order valence-electron chi connectivity index (χ4n) is 2.62. The van der Waals surface area contributed by atoms with Gasteiger partial charge in [0.15, 0.2) is 0 Å². The number of hydrazone groups is 1. The number of aryl methyl sites for hydroxylation is 2. The molecule has 8 nitrogen and oxygen atoms in total. The lowest BCUT2D eigenvalue weighted by molar-refractivity contribution is -0.136. The van der Waals surface area contributed by atoms with Crippen molar-refractivity contribution in [3.05, 3.63) is 83.3 Å². The van der Waals surface area contributed by atoms with E-state index in [1.807, 2.05) is 25.1 Å². The lowest BCUT2D eigenvalue weighted by Gasteiger charge is -2.11. The Balaban J connectivity index is 1.64. The van der Waals surface area contributed by atoms with Crippen LogP contribution >= 0.6 is 0 Å². The Labute approximate surface area is 173 Å². The molecule has 0 aliphatic heterocycles. The largest absolute Gasteiger partial charge is 0.460 e. The van der Waals surface area contributed by atoms with Gasteiger partial charge in [-0.05, 0) is 55.8 Å². The molecule has 0 radical (unpaired) electrons. The number of anilines is 2. The summed E-state index contributed by atoms with van der Waals surface area (Å²) in [4.78, 5) is 36.8. The van der Waals surface area contributed by atoms with Gasteiger partial charge in [0, 0.05) is 5.69 Å². The molecule has 0 aliphatic carbocycles. The molecule has 0 spiro atoms. The minimum absolute atomic E-state index is 0.202. The molecule has 8 heteroatoms. The molecule has 30 heavy (non-hydrogen) atoms. The maximum absolute atomic E-state index is 12.6. The van der Waals surface area contributed by atoms with Crippen LogP contribution in [0.3, 0.4) is 0 Å². The zero-order chi connectivity index (χ0) is 21.5. The zero-order valence-corrected chi connectivity index (χ0v) is 16.4. The summed E-state index contributed by atoms with van der Waals surface area (Å²) in [7, 11) is 0. The molecule has 0 unspecified atom stereocenters. The number of benzene rings is 2. The number of hydrogen-bond donors (Lipinski definition) is 3. The Hall–Kier alpha value is -4.20. The molecule has 0 atom stereocenters. The summed E-state index contributed by atoms with van der Waals surface area (Å²) in [6, 6.07) is 17.1. The van der Waals surface area contributed by atoms with E-state index in [1.54, 1.807) is 43.3 Å². The second-order valence-corrected chi connectivity index (χ2v) is 6.47. The number of hydrogen-bond acceptors (Lipinski definition) is 5. The Bertz CT molecular complexity index is 1120. The number of nitrogens with zero attached hydrogens (tertiary/aromatic N) is 1. The molecule has 3 aromatic rings. The van der Waals surface area contributed by atoms with Crippen LogP contribution in [0.4, 0.5) is 11.4 Å². The van der Waals surface area contributed by atoms with Crippen LogP contribution in [0, 0.1) is 13.8 Å². The van der Waals surface area contributed by atoms with Crippen LogP contribution in [-0.4, -0.2) is 23.9 Å². The SMILES string of the molecule is Cc1cccc(NC(=O)c2ccccc2NC(=O)C(=O)N/N=C\c2ccc(C)o2)c1. The Morgan fingerprint density at radius 2 is 1.70 bits per heavy atom. The number of amides is 3. The van der Waals surface area contributed by atoms with E-state index < -0.39 is 17.7 Å². The van der Waals surface area contributed by atoms with Crippen LogP contribution < -0.4 is 16.1 Å². The van der Waals surface area contributed by atoms with Gasteiger partial charge in [-0.15, -0.1) is 0 Å². The van der Waals surface area contributed by atoms with E-state index >= 15 is 0 Å². The first-order valence-electron chi connectivity index (χ1n) is 9.10. The third kappa shape index (κ3) is 5.41. The summed E-state index contributed by atoms with van der Waals surface area (Å²) in [5.41, 5.74) is 4.16. The fraction of sp³-hybridized carbons (Fsp3) is 0.0909. The highest BCUT2D eigenvalue weighted by atomic mass is 16.3. The average molecular weight is 404 g/mol. The summed E-state index contributed by atoms with van der Waals surface area (Å²) < 4.78 is 5.27. The molecule has 3 amide bonds. The van der Waals surface area contributed by atoms with Gasteiger partial charge in [-0.2, -0.15) is 5.10 Å². The molecule has 2 aromatic carbocycles. The highest BCUT2D eigenvalue weighted by Gasteiger charge is 2.17. The second kappa shape index (κ2) is 9.33. The van der Waals surface area contributed by atoms with Crippen molar-refractivity contribution in [2.24, 2.45) is 5.10 Å². The lowest BCUT2D eigenvalue weighted by Crippen LogP contribution is -2.33. The van der Waals surface area contributed by atoms with Crippen molar-refractivity contribution in [1.82, 2.24) is 5.43 Å². The first-order valence-corrected chi connectivity index (χ1v) is 9.10. The van der Waals surface area contributed by atoms with Crippen molar-refractivity contribution in [1.29, 1.82) is 0 Å². The summed E-state index contributed by atoms with van der Waals surface area (Å²) in [6.45, 7) is 3.69. The monoisotopic (exact) mass is 404 g/mol. The first kappa shape index (κ1) is 20.5. The van der Waals surface area contributed by atoms with Gasteiger partial charge < -0.3 is 15.1 Å². The quantitative estimate of drug-likeness (QED) is 0.344. The zero-order valence-electron chi connectivity index (χ0n) is 16.4. The van der Waals surface area contributed by atoms with Gasteiger partial charge in [0.25, 0.3) is 5.91 Å². The summed E-state index contributed by atoms with van der Waals surface area (Å²) in [6.07, 6.45) is 1.28. The van der Waals surface area contributed by atoms with Crippen LogP contribution in [0.1, 0.15) is 27.4 Å². The second-order valence-electron chi connectivity index (χ2n) is 6.47. The molecule has 152 valence electrons. The van der Waals surface area contributed by atoms with Crippen LogP contribution in [0.5, 0.6) is 0 Å². The van der Waals surface area contributed by atoms with E-state index in [2.05, 4.69) is 21.2 Å². The van der Waals surface area contributed by atoms with Gasteiger partial charge in [-0.1, -0.05) is 24.3 Å². The lowest BCUT2D eigenvalue weighted by atomic mass is 10.1. The third-order valence-electron chi connectivity index (χ3n) is 4.02. The van der Waals surface area contributed by atoms with Gasteiger partial charge in [0.2, 0.25) is 0 Å². The van der Waals surface area contributed by atoms with Crippen molar-refractivity contribution in [3.8, 4) is 0 Å². The Morgan fingerprint density at radius 1 is 0.900 bits per heavy atom. The van der Waals surface area contributed by atoms with Crippen molar-refractivity contribution in [3.63, 3.8) is 0 Å². The van der Waals surface area contributed by atoms with Gasteiger partial charge >= 0.3 is 11.8 Å². The number of furan rings is 1. The highest BCUT2D eigenvalue weighted by molar-refractivity contribution is 6.40. The number of para-hydroxylation sites is 1. The topological polar surface area (TPSA) is 113 Å². The van der Waals surface area contributed by atoms with Crippen LogP contribution in [0.2, 0.25) is 0 Å². The van der Waals surface area contributed by atoms with E-state index in [1.165, 1.54) is 12.3 Å². The molecule has 0 saturated carbocycles. The summed E-state index contributed by atoms with van der Waals surface area (Å²) in [5, 5.41) is 8.88. The molecular formula is C22H20N4O4. The van der Waals surface area contributed by atoms with Gasteiger partial charge in [0.05, 0.1) is 17.5 Å². The molecule has 3 rings (SSSR count). The number of carbonyl (C=O) groups excluding carboxylic acids is 3. The summed E-state index contributed by atoms with van der Waals surface area (Å²) >= 11 is 0. The number of nitrogens with one attached hydrogen (secondary N) is 3. The number of rotatable bonds is 5. The van der Waals surface area contributed by atoms with Crippen molar-refractivity contribution in [2.45, 2.75) is 13.8 Å². The van der Waals surface area contributed by atoms with Crippen molar-refractivity contribution in [2.75, 3.05) is 10.6 Å². The molecule has 1 aromatic heterocycles. The average Bonchev–Trinajstić information content (AvgIpc) is 3.13. The van der Waals surface area contributed by atoms with E-state index in [-0.39, 0.29) is 11.3 Å². The van der Waals surface area contributed by atoms with Gasteiger partial charge in [-0.3, -0.25) is 14.4 Å². The molecule has 0 bridgehead atoms. The highest BCUT2D eigenvalue weighted by Crippen LogP contribution is 2.18. The van der Waals surface area contributed by atoms with Crippen molar-refractivity contribution < 1.29 is 18.8 Å². The third-order valence-corrected chi connectivity index (χ3v) is 4.02. The fourth-order valence-corrected chi connectivity index (χ4v) is 2.62. The Kier molecular flexibility index (Phi) is 6.39. The molecule has 1 heterocycles. The maximum atomic E-state index is 12.6. The molecule has 0 aliphatic rings. The van der Waals surface area contributed by atoms with E-state index in [0.29, 0.717) is 17.2 Å². The number of carbonyl (C=O) groups is 3. The minimum Gasteiger partial charge on any atom is -0.460 e. The van der Waals surface area contributed by atoms with E-state index in [4.69, 9.17) is 4.42 Å². The van der Waals surface area contributed by atoms with Crippen LogP contribution in [0.15, 0.2) is 70.2 Å². The maximum Gasteiger partial charge on any atom is 0.329 e. The van der Waals surface area contributed by atoms with Gasteiger partial charge in [-0.25, -0.2) is 5.43 Å². The normalized spacial score (nSPS) is 10.6. The Morgan fingerprint density at radius 3 is 2.43 bits per heavy atom. The minimum atomic E-state index is -0.983. The molecule has 0 fully saturated rings. The summed E-state index contributed by atoms with van der Waals surface area (Å²) in [5.74, 6) is -1.22. The smallest absolute Gasteiger partial charge is 0.329 e. The van der Waals surface area contributed by atoms with E-state index in [9.17, 15) is 14.4 Å². The first-order chi connectivity index (χ1) is 14.4. The van der Waals surface area contributed by atoms with Crippen LogP contribution in [0.25, 0.3) is 0 Å². The predicted molar refractivity (Wildman–Crippen MR) is 113 cm³/mol. The molecule has 3 N–H and O–H groups in total.